The minimum absolute atomic E-state index is 0.219. The Kier molecular flexibility index (Phi) is 4.45. The molecule has 0 spiro atoms. The van der Waals surface area contributed by atoms with Crippen molar-refractivity contribution in [2.75, 3.05) is 18.5 Å². The molecule has 0 aliphatic heterocycles. The summed E-state index contributed by atoms with van der Waals surface area (Å²) >= 11 is 0. The Morgan fingerprint density at radius 1 is 1.12 bits per heavy atom. The second kappa shape index (κ2) is 7.05. The zero-order valence-electron chi connectivity index (χ0n) is 14.8. The van der Waals surface area contributed by atoms with E-state index >= 15 is 0 Å². The maximum atomic E-state index is 5.51. The van der Waals surface area contributed by atoms with Crippen LogP contribution in [0.2, 0.25) is 0 Å². The molecule has 0 radical (unpaired) electrons. The van der Waals surface area contributed by atoms with E-state index in [-0.39, 0.29) is 6.10 Å². The first-order valence-corrected chi connectivity index (χ1v) is 8.63. The summed E-state index contributed by atoms with van der Waals surface area (Å²) in [5.74, 6) is 0.572. The summed E-state index contributed by atoms with van der Waals surface area (Å²) in [6.07, 6.45) is 5.71. The highest BCUT2D eigenvalue weighted by Crippen LogP contribution is 2.25. The molecule has 0 saturated carbocycles. The summed E-state index contributed by atoms with van der Waals surface area (Å²) in [5, 5.41) is 7.67. The van der Waals surface area contributed by atoms with E-state index in [1.807, 2.05) is 61.1 Å². The Balaban J connectivity index is 1.58. The van der Waals surface area contributed by atoms with Crippen LogP contribution in [0.25, 0.3) is 27.8 Å². The smallest absolute Gasteiger partial charge is 0.241 e. The molecule has 0 amide bonds. The van der Waals surface area contributed by atoms with E-state index < -0.39 is 0 Å². The summed E-state index contributed by atoms with van der Waals surface area (Å²) < 4.78 is 7.32. The first-order chi connectivity index (χ1) is 12.7. The third-order valence-corrected chi connectivity index (χ3v) is 3.99. The fourth-order valence-corrected chi connectivity index (χ4v) is 2.76. The van der Waals surface area contributed by atoms with Gasteiger partial charge >= 0.3 is 0 Å². The maximum absolute atomic E-state index is 5.51. The van der Waals surface area contributed by atoms with Gasteiger partial charge in [-0.25, -0.2) is 14.5 Å². The lowest BCUT2D eigenvalue weighted by molar-refractivity contribution is 0.0869. The van der Waals surface area contributed by atoms with Gasteiger partial charge in [0.25, 0.3) is 0 Å². The van der Waals surface area contributed by atoms with Crippen LogP contribution >= 0.6 is 0 Å². The first-order valence-electron chi connectivity index (χ1n) is 8.63. The molecule has 1 N–H and O–H groups in total. The Hall–Kier alpha value is -3.06. The minimum atomic E-state index is 0.219. The third kappa shape index (κ3) is 3.34. The largest absolute Gasteiger partial charge is 0.377 e. The average molecular weight is 348 g/mol. The summed E-state index contributed by atoms with van der Waals surface area (Å²) in [4.78, 5) is 13.4. The number of nitrogens with one attached hydrogen (secondary N) is 1. The van der Waals surface area contributed by atoms with E-state index in [4.69, 9.17) is 9.72 Å². The van der Waals surface area contributed by atoms with Crippen molar-refractivity contribution in [3.63, 3.8) is 0 Å². The topological polar surface area (TPSA) is 77.2 Å². The van der Waals surface area contributed by atoms with Crippen molar-refractivity contribution in [1.82, 2.24) is 24.6 Å². The second-order valence-corrected chi connectivity index (χ2v) is 6.23. The van der Waals surface area contributed by atoms with Gasteiger partial charge in [-0.3, -0.25) is 4.98 Å². The van der Waals surface area contributed by atoms with Gasteiger partial charge in [-0.05, 0) is 44.2 Å². The van der Waals surface area contributed by atoms with E-state index in [1.54, 1.807) is 6.20 Å². The number of ether oxygens (including phenoxy) is 1. The molecule has 0 aromatic carbocycles. The lowest BCUT2D eigenvalue weighted by Crippen LogP contribution is -2.15. The molecule has 0 saturated heterocycles. The van der Waals surface area contributed by atoms with Gasteiger partial charge in [0.05, 0.1) is 41.2 Å². The Labute approximate surface area is 151 Å². The number of nitrogens with zero attached hydrogens (tertiary/aromatic N) is 5. The van der Waals surface area contributed by atoms with Crippen LogP contribution in [0.4, 0.5) is 5.95 Å². The molecule has 4 rings (SSSR count). The number of anilines is 1. The summed E-state index contributed by atoms with van der Waals surface area (Å²) in [6.45, 7) is 5.31. The van der Waals surface area contributed by atoms with E-state index in [0.717, 1.165) is 27.8 Å². The SMILES string of the molecule is CC(C)OCCNc1ncc2c(-c3ccc4ncccc4n3)ccn2n1. The molecule has 0 aliphatic carbocycles. The molecule has 4 heterocycles. The molecule has 7 heteroatoms. The second-order valence-electron chi connectivity index (χ2n) is 6.23. The molecule has 132 valence electrons. The number of pyridine rings is 2. The number of fused-ring (bicyclic) bond motifs is 2. The molecular weight excluding hydrogens is 328 g/mol. The lowest BCUT2D eigenvalue weighted by Gasteiger charge is -2.08. The van der Waals surface area contributed by atoms with Crippen LogP contribution in [0, 0.1) is 0 Å². The summed E-state index contributed by atoms with van der Waals surface area (Å²) in [5.41, 5.74) is 4.53. The molecule has 7 nitrogen and oxygen atoms in total. The lowest BCUT2D eigenvalue weighted by atomic mass is 10.1. The molecular formula is C19H20N6O. The van der Waals surface area contributed by atoms with Gasteiger partial charge in [-0.1, -0.05) is 0 Å². The van der Waals surface area contributed by atoms with Crippen LogP contribution in [0.5, 0.6) is 0 Å². The fourth-order valence-electron chi connectivity index (χ4n) is 2.76. The van der Waals surface area contributed by atoms with Gasteiger partial charge in [0.1, 0.15) is 0 Å². The molecule has 0 fully saturated rings. The quantitative estimate of drug-likeness (QED) is 0.539. The molecule has 0 atom stereocenters. The molecule has 4 aromatic heterocycles. The van der Waals surface area contributed by atoms with Crippen molar-refractivity contribution in [2.45, 2.75) is 20.0 Å². The van der Waals surface area contributed by atoms with E-state index in [0.29, 0.717) is 19.1 Å². The zero-order valence-corrected chi connectivity index (χ0v) is 14.8. The van der Waals surface area contributed by atoms with Crippen molar-refractivity contribution < 1.29 is 4.74 Å². The number of hydrogen-bond acceptors (Lipinski definition) is 6. The van der Waals surface area contributed by atoms with Gasteiger partial charge in [-0.2, -0.15) is 0 Å². The highest BCUT2D eigenvalue weighted by Gasteiger charge is 2.10. The van der Waals surface area contributed by atoms with Gasteiger partial charge in [-0.15, -0.1) is 5.10 Å². The predicted molar refractivity (Wildman–Crippen MR) is 101 cm³/mol. The highest BCUT2D eigenvalue weighted by molar-refractivity contribution is 5.83. The number of rotatable bonds is 6. The first kappa shape index (κ1) is 16.4. The van der Waals surface area contributed by atoms with Crippen molar-refractivity contribution in [1.29, 1.82) is 0 Å². The molecule has 0 aliphatic rings. The van der Waals surface area contributed by atoms with Gasteiger partial charge in [0, 0.05) is 24.5 Å². The molecule has 0 unspecified atom stereocenters. The third-order valence-electron chi connectivity index (χ3n) is 3.99. The van der Waals surface area contributed by atoms with Gasteiger partial charge in [0.15, 0.2) is 0 Å². The van der Waals surface area contributed by atoms with Crippen LogP contribution in [0.1, 0.15) is 13.8 Å². The molecule has 26 heavy (non-hydrogen) atoms. The van der Waals surface area contributed by atoms with Crippen molar-refractivity contribution in [3.05, 3.63) is 48.9 Å². The van der Waals surface area contributed by atoms with Crippen LogP contribution in [0.15, 0.2) is 48.9 Å². The predicted octanol–water partition coefficient (Wildman–Crippen LogP) is 3.18. The van der Waals surface area contributed by atoms with Crippen molar-refractivity contribution in [3.8, 4) is 11.3 Å². The number of aromatic nitrogens is 5. The number of hydrogen-bond donors (Lipinski definition) is 1. The molecule has 0 bridgehead atoms. The van der Waals surface area contributed by atoms with Gasteiger partial charge < -0.3 is 10.1 Å². The zero-order chi connectivity index (χ0) is 17.9. The van der Waals surface area contributed by atoms with E-state index in [2.05, 4.69) is 20.4 Å². The van der Waals surface area contributed by atoms with Crippen LogP contribution in [-0.4, -0.2) is 43.8 Å². The van der Waals surface area contributed by atoms with Crippen molar-refractivity contribution in [2.24, 2.45) is 0 Å². The van der Waals surface area contributed by atoms with Crippen LogP contribution < -0.4 is 5.32 Å². The van der Waals surface area contributed by atoms with E-state index in [9.17, 15) is 0 Å². The standard InChI is InChI=1S/C19H20N6O/c1-13(2)26-11-9-21-19-22-12-18-14(7-10-25(18)24-19)15-5-6-16-17(23-15)4-3-8-20-16/h3-8,10,12-13H,9,11H2,1-2H3,(H,21,24). The van der Waals surface area contributed by atoms with Crippen molar-refractivity contribution >= 4 is 22.5 Å². The van der Waals surface area contributed by atoms with E-state index in [1.165, 1.54) is 0 Å². The Morgan fingerprint density at radius 2 is 2.04 bits per heavy atom. The van der Waals surface area contributed by atoms with Crippen LogP contribution in [-0.2, 0) is 4.74 Å². The minimum Gasteiger partial charge on any atom is -0.377 e. The normalized spacial score (nSPS) is 11.5. The molecule has 4 aromatic rings. The fraction of sp³-hybridized carbons (Fsp3) is 0.263. The Morgan fingerprint density at radius 3 is 2.92 bits per heavy atom. The monoisotopic (exact) mass is 348 g/mol. The van der Waals surface area contributed by atoms with Gasteiger partial charge in [0.2, 0.25) is 5.95 Å². The maximum Gasteiger partial charge on any atom is 0.241 e. The Bertz CT molecular complexity index is 1040. The highest BCUT2D eigenvalue weighted by atomic mass is 16.5. The summed E-state index contributed by atoms with van der Waals surface area (Å²) in [7, 11) is 0. The average Bonchev–Trinajstić information content (AvgIpc) is 3.08. The summed E-state index contributed by atoms with van der Waals surface area (Å²) in [6, 6.07) is 9.80. The van der Waals surface area contributed by atoms with Crippen LogP contribution in [0.3, 0.4) is 0 Å².